The van der Waals surface area contributed by atoms with Crippen molar-refractivity contribution in [1.82, 2.24) is 14.6 Å². The molecule has 0 saturated carbocycles. The first-order valence-electron chi connectivity index (χ1n) is 8.91. The lowest BCUT2D eigenvalue weighted by atomic mass is 9.88. The molecule has 1 atom stereocenters. The molecule has 0 amide bonds. The normalized spacial score (nSPS) is 21.6. The molecular weight excluding hydrogens is 356 g/mol. The van der Waals surface area contributed by atoms with Crippen molar-refractivity contribution in [3.8, 4) is 0 Å². The van der Waals surface area contributed by atoms with Gasteiger partial charge in [0.1, 0.15) is 4.83 Å². The van der Waals surface area contributed by atoms with Gasteiger partial charge in [-0.15, -0.1) is 11.3 Å². The van der Waals surface area contributed by atoms with Crippen molar-refractivity contribution in [2.24, 2.45) is 0 Å². The second-order valence-electron chi connectivity index (χ2n) is 6.78. The van der Waals surface area contributed by atoms with Crippen molar-refractivity contribution >= 4 is 33.3 Å². The van der Waals surface area contributed by atoms with Gasteiger partial charge in [-0.05, 0) is 30.7 Å². The van der Waals surface area contributed by atoms with Crippen LogP contribution in [0.15, 0.2) is 9.95 Å². The topological polar surface area (TPSA) is 73.4 Å². The predicted molar refractivity (Wildman–Crippen MR) is 103 cm³/mol. The summed E-state index contributed by atoms with van der Waals surface area (Å²) in [5, 5.41) is 1.38. The molecule has 0 bridgehead atoms. The summed E-state index contributed by atoms with van der Waals surface area (Å²) in [6, 6.07) is 0. The van der Waals surface area contributed by atoms with Crippen LogP contribution in [0.25, 0.3) is 10.2 Å². The lowest BCUT2D eigenvalue weighted by Crippen LogP contribution is -2.37. The minimum Gasteiger partial charge on any atom is -0.379 e. The van der Waals surface area contributed by atoms with E-state index in [1.54, 1.807) is 23.1 Å². The van der Waals surface area contributed by atoms with E-state index in [1.165, 1.54) is 21.5 Å². The smallest absolute Gasteiger partial charge is 0.281 e. The highest BCUT2D eigenvalue weighted by atomic mass is 32.2. The highest BCUT2D eigenvalue weighted by Crippen LogP contribution is 2.40. The highest BCUT2D eigenvalue weighted by molar-refractivity contribution is 7.99. The Labute approximate surface area is 155 Å². The van der Waals surface area contributed by atoms with Crippen molar-refractivity contribution in [1.29, 1.82) is 0 Å². The first-order chi connectivity index (χ1) is 12.1. The van der Waals surface area contributed by atoms with E-state index < -0.39 is 0 Å². The number of thioether (sulfide) groups is 1. The Morgan fingerprint density at radius 2 is 2.20 bits per heavy atom. The fourth-order valence-corrected chi connectivity index (χ4v) is 6.02. The van der Waals surface area contributed by atoms with Crippen LogP contribution in [0.1, 0.15) is 36.1 Å². The molecule has 1 saturated heterocycles. The summed E-state index contributed by atoms with van der Waals surface area (Å²) in [7, 11) is 0. The van der Waals surface area contributed by atoms with Gasteiger partial charge in [0.05, 0.1) is 18.6 Å². The molecule has 3 heterocycles. The fourth-order valence-electron chi connectivity index (χ4n) is 3.72. The second-order valence-corrected chi connectivity index (χ2v) is 8.93. The summed E-state index contributed by atoms with van der Waals surface area (Å²) in [5.74, 6) is 7.39. The molecule has 0 spiro atoms. The lowest BCUT2D eigenvalue weighted by molar-refractivity contribution is 0.0410. The van der Waals surface area contributed by atoms with Crippen LogP contribution >= 0.6 is 23.1 Å². The van der Waals surface area contributed by atoms with E-state index in [-0.39, 0.29) is 5.56 Å². The Bertz CT molecular complexity index is 826. The number of hydrogen-bond acceptors (Lipinski definition) is 7. The number of thiophene rings is 1. The largest absolute Gasteiger partial charge is 0.379 e. The van der Waals surface area contributed by atoms with Crippen molar-refractivity contribution in [2.45, 2.75) is 37.3 Å². The van der Waals surface area contributed by atoms with Crippen LogP contribution < -0.4 is 11.4 Å². The summed E-state index contributed by atoms with van der Waals surface area (Å²) in [5.41, 5.74) is 1.11. The number of nitrogens with zero attached hydrogens (tertiary/aromatic N) is 3. The van der Waals surface area contributed by atoms with Gasteiger partial charge < -0.3 is 10.6 Å². The number of fused-ring (bicyclic) bond motifs is 3. The van der Waals surface area contributed by atoms with Gasteiger partial charge in [-0.25, -0.2) is 9.66 Å². The third-order valence-corrected chi connectivity index (χ3v) is 7.21. The van der Waals surface area contributed by atoms with Crippen LogP contribution in [0.4, 0.5) is 0 Å². The number of nitrogen functional groups attached to an aromatic ring is 1. The quantitative estimate of drug-likeness (QED) is 0.497. The van der Waals surface area contributed by atoms with Gasteiger partial charge in [0.25, 0.3) is 5.56 Å². The number of ether oxygens (including phenoxy) is 1. The van der Waals surface area contributed by atoms with Gasteiger partial charge in [0.15, 0.2) is 5.16 Å². The predicted octanol–water partition coefficient (Wildman–Crippen LogP) is 2.04. The molecular formula is C17H24N4O2S2. The zero-order chi connectivity index (χ0) is 17.4. The Morgan fingerprint density at radius 3 is 3.00 bits per heavy atom. The standard InChI is InChI=1S/C17H24N4O2S2/c1-11-3-2-4-12-13(11)14-15(25-12)19-17(21(18)16(14)22)24-10-7-20-5-8-23-9-6-20/h11H,2-10,18H2,1H3/t11-/m1/s1. The van der Waals surface area contributed by atoms with Crippen LogP contribution in [0.2, 0.25) is 0 Å². The van der Waals surface area contributed by atoms with Crippen LogP contribution in [0.5, 0.6) is 0 Å². The molecule has 0 unspecified atom stereocenters. The van der Waals surface area contributed by atoms with Gasteiger partial charge in [-0.2, -0.15) is 0 Å². The van der Waals surface area contributed by atoms with E-state index in [2.05, 4.69) is 11.8 Å². The van der Waals surface area contributed by atoms with Crippen LogP contribution in [-0.2, 0) is 11.2 Å². The Balaban J connectivity index is 1.58. The maximum atomic E-state index is 12.9. The first kappa shape index (κ1) is 17.3. The van der Waals surface area contributed by atoms with Crippen LogP contribution in [-0.4, -0.2) is 53.2 Å². The molecule has 8 heteroatoms. The summed E-state index contributed by atoms with van der Waals surface area (Å²) in [6.45, 7) is 6.70. The number of morpholine rings is 1. The maximum Gasteiger partial charge on any atom is 0.281 e. The van der Waals surface area contributed by atoms with E-state index in [9.17, 15) is 4.79 Å². The number of nitrogens with two attached hydrogens (primary N) is 1. The molecule has 2 N–H and O–H groups in total. The average Bonchev–Trinajstić information content (AvgIpc) is 3.00. The molecule has 2 aromatic heterocycles. The molecule has 0 radical (unpaired) electrons. The zero-order valence-electron chi connectivity index (χ0n) is 14.5. The monoisotopic (exact) mass is 380 g/mol. The maximum absolute atomic E-state index is 12.9. The second kappa shape index (κ2) is 7.26. The Morgan fingerprint density at radius 1 is 1.40 bits per heavy atom. The van der Waals surface area contributed by atoms with Crippen molar-refractivity contribution in [3.63, 3.8) is 0 Å². The summed E-state index contributed by atoms with van der Waals surface area (Å²) in [6.07, 6.45) is 3.39. The molecule has 25 heavy (non-hydrogen) atoms. The molecule has 136 valence electrons. The van der Waals surface area contributed by atoms with E-state index in [0.29, 0.717) is 11.1 Å². The summed E-state index contributed by atoms with van der Waals surface area (Å²) in [4.78, 5) is 22.2. The van der Waals surface area contributed by atoms with E-state index in [4.69, 9.17) is 15.6 Å². The number of aromatic nitrogens is 2. The minimum atomic E-state index is -0.0925. The Kier molecular flexibility index (Phi) is 5.04. The van der Waals surface area contributed by atoms with Gasteiger partial charge in [-0.3, -0.25) is 9.69 Å². The molecule has 0 aromatic carbocycles. The molecule has 2 aliphatic rings. The first-order valence-corrected chi connectivity index (χ1v) is 10.7. The SMILES string of the molecule is C[C@@H]1CCCc2sc3nc(SCCN4CCOCC4)n(N)c(=O)c3c21. The lowest BCUT2D eigenvalue weighted by Gasteiger charge is -2.26. The van der Waals surface area contributed by atoms with Crippen molar-refractivity contribution in [2.75, 3.05) is 44.4 Å². The number of aryl methyl sites for hydroxylation is 1. The third kappa shape index (κ3) is 3.32. The number of hydrogen-bond donors (Lipinski definition) is 1. The average molecular weight is 381 g/mol. The molecule has 4 rings (SSSR count). The van der Waals surface area contributed by atoms with Gasteiger partial charge >= 0.3 is 0 Å². The van der Waals surface area contributed by atoms with Crippen LogP contribution in [0, 0.1) is 0 Å². The molecule has 1 fully saturated rings. The highest BCUT2D eigenvalue weighted by Gasteiger charge is 2.26. The summed E-state index contributed by atoms with van der Waals surface area (Å²) < 4.78 is 6.62. The number of rotatable bonds is 4. The zero-order valence-corrected chi connectivity index (χ0v) is 16.1. The van der Waals surface area contributed by atoms with E-state index in [0.717, 1.165) is 61.7 Å². The molecule has 6 nitrogen and oxygen atoms in total. The molecule has 2 aromatic rings. The van der Waals surface area contributed by atoms with E-state index >= 15 is 0 Å². The van der Waals surface area contributed by atoms with Crippen molar-refractivity contribution in [3.05, 3.63) is 20.8 Å². The minimum absolute atomic E-state index is 0.0925. The van der Waals surface area contributed by atoms with Gasteiger partial charge in [0.2, 0.25) is 0 Å². The van der Waals surface area contributed by atoms with Crippen molar-refractivity contribution < 1.29 is 4.74 Å². The Hall–Kier alpha value is -1.09. The molecule has 1 aliphatic carbocycles. The van der Waals surface area contributed by atoms with Crippen LogP contribution in [0.3, 0.4) is 0 Å². The van der Waals surface area contributed by atoms with Gasteiger partial charge in [0, 0.05) is 30.3 Å². The van der Waals surface area contributed by atoms with E-state index in [1.807, 2.05) is 0 Å². The fraction of sp³-hybridized carbons (Fsp3) is 0.647. The molecule has 1 aliphatic heterocycles. The summed E-state index contributed by atoms with van der Waals surface area (Å²) >= 11 is 3.25. The third-order valence-electron chi connectivity index (χ3n) is 5.12. The van der Waals surface area contributed by atoms with Gasteiger partial charge in [-0.1, -0.05) is 18.7 Å².